The third-order valence-electron chi connectivity index (χ3n) is 3.87. The van der Waals surface area contributed by atoms with Crippen LogP contribution in [-0.4, -0.2) is 37.5 Å². The minimum Gasteiger partial charge on any atom is -0.381 e. The maximum absolute atomic E-state index is 6.31. The summed E-state index contributed by atoms with van der Waals surface area (Å²) < 4.78 is 18.4. The molecule has 0 aliphatic rings. The van der Waals surface area contributed by atoms with E-state index in [2.05, 4.69) is 27.7 Å². The second kappa shape index (κ2) is 11.6. The topological polar surface area (TPSA) is 46.2 Å². The van der Waals surface area contributed by atoms with Crippen LogP contribution in [0.15, 0.2) is 0 Å². The van der Waals surface area contributed by atoms with E-state index in [1.807, 2.05) is 41.5 Å². The molecule has 5 heteroatoms. The molecule has 0 bridgehead atoms. The van der Waals surface area contributed by atoms with Crippen LogP contribution in [0, 0.1) is 11.3 Å². The third kappa shape index (κ3) is 9.65. The molecule has 0 aliphatic heterocycles. The predicted octanol–water partition coefficient (Wildman–Crippen LogP) is 5.72. The average molecular weight is 377 g/mol. The Morgan fingerprint density at radius 2 is 1.50 bits per heavy atom. The Morgan fingerprint density at radius 1 is 0.885 bits per heavy atom. The monoisotopic (exact) mass is 376 g/mol. The standard InChI is InChI=1S/C21H44O5/c1-11-13-14-22-16-20(9,10)21(23-15-17(3)4,24-18(5)12-2)26-25-19(6,7)8/h17-18H,11-16H2,1-10H3. The van der Waals surface area contributed by atoms with Gasteiger partial charge < -0.3 is 14.2 Å². The number of ether oxygens (including phenoxy) is 3. The molecular weight excluding hydrogens is 332 g/mol. The van der Waals surface area contributed by atoms with Crippen molar-refractivity contribution in [3.8, 4) is 0 Å². The van der Waals surface area contributed by atoms with Gasteiger partial charge in [0.15, 0.2) is 0 Å². The van der Waals surface area contributed by atoms with Crippen LogP contribution < -0.4 is 0 Å². The summed E-state index contributed by atoms with van der Waals surface area (Å²) in [5.74, 6) is -1.00. The number of hydrogen-bond acceptors (Lipinski definition) is 5. The Balaban J connectivity index is 5.54. The van der Waals surface area contributed by atoms with E-state index in [-0.39, 0.29) is 6.10 Å². The molecule has 2 atom stereocenters. The molecule has 0 amide bonds. The van der Waals surface area contributed by atoms with Crippen molar-refractivity contribution in [1.29, 1.82) is 0 Å². The maximum atomic E-state index is 6.31. The van der Waals surface area contributed by atoms with E-state index >= 15 is 0 Å². The van der Waals surface area contributed by atoms with Crippen LogP contribution in [0.1, 0.15) is 88.5 Å². The zero-order chi connectivity index (χ0) is 20.4. The number of unbranched alkanes of at least 4 members (excludes halogenated alkanes) is 1. The molecule has 0 radical (unpaired) electrons. The lowest BCUT2D eigenvalue weighted by Gasteiger charge is -2.45. The van der Waals surface area contributed by atoms with Crippen molar-refractivity contribution in [1.82, 2.24) is 0 Å². The first-order valence-electron chi connectivity index (χ1n) is 10.2. The molecule has 5 nitrogen and oxygen atoms in total. The van der Waals surface area contributed by atoms with Gasteiger partial charge in [-0.2, -0.15) is 4.89 Å². The number of hydrogen-bond donors (Lipinski definition) is 0. The highest BCUT2D eigenvalue weighted by Crippen LogP contribution is 2.40. The van der Waals surface area contributed by atoms with Gasteiger partial charge in [0.2, 0.25) is 0 Å². The first-order valence-corrected chi connectivity index (χ1v) is 10.2. The minimum atomic E-state index is -1.34. The molecule has 0 N–H and O–H groups in total. The van der Waals surface area contributed by atoms with Crippen molar-refractivity contribution < 1.29 is 24.0 Å². The molecule has 0 aliphatic carbocycles. The molecular formula is C21H44O5. The summed E-state index contributed by atoms with van der Waals surface area (Å²) in [6.07, 6.45) is 2.93. The van der Waals surface area contributed by atoms with Crippen LogP contribution in [0.3, 0.4) is 0 Å². The van der Waals surface area contributed by atoms with Crippen LogP contribution in [0.2, 0.25) is 0 Å². The summed E-state index contributed by atoms with van der Waals surface area (Å²) in [5.41, 5.74) is -1.05. The fraction of sp³-hybridized carbons (Fsp3) is 1.00. The lowest BCUT2D eigenvalue weighted by molar-refractivity contribution is -0.560. The van der Waals surface area contributed by atoms with E-state index in [0.29, 0.717) is 25.7 Å². The zero-order valence-electron chi connectivity index (χ0n) is 18.9. The van der Waals surface area contributed by atoms with Crippen LogP contribution in [0.4, 0.5) is 0 Å². The van der Waals surface area contributed by atoms with E-state index in [9.17, 15) is 0 Å². The lowest BCUT2D eigenvalue weighted by Crippen LogP contribution is -2.56. The van der Waals surface area contributed by atoms with E-state index in [1.165, 1.54) is 0 Å². The van der Waals surface area contributed by atoms with E-state index < -0.39 is 17.0 Å². The highest BCUT2D eigenvalue weighted by atomic mass is 17.3. The first kappa shape index (κ1) is 25.8. The van der Waals surface area contributed by atoms with Gasteiger partial charge in [-0.25, -0.2) is 4.89 Å². The molecule has 0 aromatic heterocycles. The van der Waals surface area contributed by atoms with Crippen LogP contribution in [-0.2, 0) is 24.0 Å². The Morgan fingerprint density at radius 3 is 1.96 bits per heavy atom. The summed E-state index contributed by atoms with van der Waals surface area (Å²) >= 11 is 0. The van der Waals surface area contributed by atoms with Crippen molar-refractivity contribution in [2.45, 2.75) is 106 Å². The normalized spacial score (nSPS) is 16.7. The summed E-state index contributed by atoms with van der Waals surface area (Å²) in [6.45, 7) is 22.0. The van der Waals surface area contributed by atoms with Gasteiger partial charge >= 0.3 is 5.97 Å². The van der Waals surface area contributed by atoms with Crippen molar-refractivity contribution in [2.75, 3.05) is 19.8 Å². The van der Waals surface area contributed by atoms with Gasteiger partial charge in [0, 0.05) is 6.61 Å². The molecule has 26 heavy (non-hydrogen) atoms. The van der Waals surface area contributed by atoms with E-state index in [4.69, 9.17) is 24.0 Å². The van der Waals surface area contributed by atoms with Crippen molar-refractivity contribution in [2.24, 2.45) is 11.3 Å². The van der Waals surface area contributed by atoms with Gasteiger partial charge in [-0.15, -0.1) is 0 Å². The molecule has 0 aromatic rings. The van der Waals surface area contributed by atoms with Gasteiger partial charge in [-0.3, -0.25) is 0 Å². The molecule has 0 rings (SSSR count). The van der Waals surface area contributed by atoms with Crippen LogP contribution in [0.25, 0.3) is 0 Å². The van der Waals surface area contributed by atoms with E-state index in [0.717, 1.165) is 19.3 Å². The maximum Gasteiger partial charge on any atom is 0.319 e. The fourth-order valence-electron chi connectivity index (χ4n) is 2.01. The SMILES string of the molecule is CCCCOCC(C)(C)C(OCC(C)C)(OOC(C)(C)C)OC(C)CC. The predicted molar refractivity (Wildman–Crippen MR) is 106 cm³/mol. The summed E-state index contributed by atoms with van der Waals surface area (Å²) in [7, 11) is 0. The van der Waals surface area contributed by atoms with Gasteiger partial charge in [0.25, 0.3) is 0 Å². The van der Waals surface area contributed by atoms with Gasteiger partial charge in [0.1, 0.15) is 0 Å². The second-order valence-corrected chi connectivity index (χ2v) is 9.17. The van der Waals surface area contributed by atoms with Gasteiger partial charge in [-0.1, -0.05) is 34.1 Å². The number of rotatable bonds is 14. The molecule has 0 fully saturated rings. The second-order valence-electron chi connectivity index (χ2n) is 9.17. The summed E-state index contributed by atoms with van der Waals surface area (Å²) in [4.78, 5) is 11.6. The Bertz CT molecular complexity index is 362. The zero-order valence-corrected chi connectivity index (χ0v) is 18.9. The smallest absolute Gasteiger partial charge is 0.319 e. The Hall–Kier alpha value is -0.200. The van der Waals surface area contributed by atoms with Crippen molar-refractivity contribution >= 4 is 0 Å². The highest BCUT2D eigenvalue weighted by Gasteiger charge is 2.53. The minimum absolute atomic E-state index is 0.0411. The molecule has 158 valence electrons. The molecule has 0 spiro atoms. The third-order valence-corrected chi connectivity index (χ3v) is 3.87. The Labute approximate surface area is 162 Å². The fourth-order valence-corrected chi connectivity index (χ4v) is 2.01. The molecule has 0 saturated carbocycles. The van der Waals surface area contributed by atoms with Gasteiger partial charge in [0.05, 0.1) is 30.3 Å². The Kier molecular flexibility index (Phi) is 11.5. The van der Waals surface area contributed by atoms with Gasteiger partial charge in [-0.05, 0) is 60.3 Å². The molecule has 0 heterocycles. The van der Waals surface area contributed by atoms with Crippen molar-refractivity contribution in [3.05, 3.63) is 0 Å². The first-order chi connectivity index (χ1) is 11.9. The quantitative estimate of drug-likeness (QED) is 0.168. The summed E-state index contributed by atoms with van der Waals surface area (Å²) in [5, 5.41) is 0. The van der Waals surface area contributed by atoms with Crippen LogP contribution in [0.5, 0.6) is 0 Å². The highest BCUT2D eigenvalue weighted by molar-refractivity contribution is 4.81. The molecule has 2 unspecified atom stereocenters. The van der Waals surface area contributed by atoms with Crippen molar-refractivity contribution in [3.63, 3.8) is 0 Å². The summed E-state index contributed by atoms with van der Waals surface area (Å²) in [6, 6.07) is 0. The largest absolute Gasteiger partial charge is 0.381 e. The van der Waals surface area contributed by atoms with Crippen LogP contribution >= 0.6 is 0 Å². The molecule has 0 saturated heterocycles. The lowest BCUT2D eigenvalue weighted by atomic mass is 9.90. The molecule has 0 aromatic carbocycles. The average Bonchev–Trinajstić information content (AvgIpc) is 2.53. The van der Waals surface area contributed by atoms with E-state index in [1.54, 1.807) is 0 Å².